The number of halogens is 1. The fourth-order valence-electron chi connectivity index (χ4n) is 4.63. The van der Waals surface area contributed by atoms with E-state index >= 15 is 0 Å². The predicted molar refractivity (Wildman–Crippen MR) is 145 cm³/mol. The van der Waals surface area contributed by atoms with Crippen LogP contribution in [0.25, 0.3) is 10.9 Å². The Labute approximate surface area is 212 Å². The van der Waals surface area contributed by atoms with E-state index in [1.165, 1.54) is 11.1 Å². The first-order valence-electron chi connectivity index (χ1n) is 12.4. The van der Waals surface area contributed by atoms with Crippen LogP contribution >= 0.6 is 11.6 Å². The average molecular weight is 489 g/mol. The van der Waals surface area contributed by atoms with Crippen LogP contribution in [0.15, 0.2) is 66.7 Å². The maximum Gasteiger partial charge on any atom is 0.416 e. The second-order valence-corrected chi connectivity index (χ2v) is 9.49. The zero-order chi connectivity index (χ0) is 25.1. The number of benzene rings is 3. The molecule has 4 nitrogen and oxygen atoms in total. The summed E-state index contributed by atoms with van der Waals surface area (Å²) in [7, 11) is 0. The molecule has 0 fully saturated rings. The number of aryl methyl sites for hydroxylation is 1. The van der Waals surface area contributed by atoms with Crippen molar-refractivity contribution >= 4 is 28.6 Å². The van der Waals surface area contributed by atoms with E-state index in [1.807, 2.05) is 68.1 Å². The Bertz CT molecular complexity index is 1310. The highest BCUT2D eigenvalue weighted by Gasteiger charge is 2.35. The number of H-pyrrole nitrogens is 1. The third-order valence-corrected chi connectivity index (χ3v) is 6.70. The van der Waals surface area contributed by atoms with Crippen LogP contribution in [0, 0.1) is 6.92 Å². The summed E-state index contributed by atoms with van der Waals surface area (Å²) in [5.74, 6) is 0.993. The van der Waals surface area contributed by atoms with Crippen molar-refractivity contribution in [2.24, 2.45) is 0 Å². The van der Waals surface area contributed by atoms with Gasteiger partial charge in [0.2, 0.25) is 0 Å². The maximum atomic E-state index is 13.4. The third-order valence-electron chi connectivity index (χ3n) is 6.47. The van der Waals surface area contributed by atoms with Crippen LogP contribution in [0.5, 0.6) is 5.75 Å². The van der Waals surface area contributed by atoms with E-state index in [2.05, 4.69) is 43.1 Å². The van der Waals surface area contributed by atoms with Crippen molar-refractivity contribution in [3.05, 3.63) is 99.7 Å². The number of aromatic amines is 1. The summed E-state index contributed by atoms with van der Waals surface area (Å²) in [6, 6.07) is 21.7. The van der Waals surface area contributed by atoms with Crippen LogP contribution in [-0.2, 0) is 6.42 Å². The molecule has 0 aliphatic carbocycles. The molecule has 182 valence electrons. The van der Waals surface area contributed by atoms with Gasteiger partial charge in [-0.05, 0) is 66.3 Å². The molecule has 1 aliphatic heterocycles. The zero-order valence-electron chi connectivity index (χ0n) is 21.1. The fourth-order valence-corrected chi connectivity index (χ4v) is 4.81. The van der Waals surface area contributed by atoms with Gasteiger partial charge in [0.25, 0.3) is 0 Å². The van der Waals surface area contributed by atoms with Crippen molar-refractivity contribution in [3.8, 4) is 5.75 Å². The molecular formula is C30H33ClN2O2. The number of nitrogens with zero attached hydrogens (tertiary/aromatic N) is 1. The molecule has 5 rings (SSSR count). The normalized spacial score (nSPS) is 14.9. The van der Waals surface area contributed by atoms with Crippen LogP contribution in [0.3, 0.4) is 0 Å². The minimum atomic E-state index is -0.348. The van der Waals surface area contributed by atoms with E-state index in [0.29, 0.717) is 23.2 Å². The summed E-state index contributed by atoms with van der Waals surface area (Å²) in [6.07, 6.45) is 0.387. The molecule has 4 aromatic rings. The van der Waals surface area contributed by atoms with Gasteiger partial charge in [-0.25, -0.2) is 4.79 Å². The Hall–Kier alpha value is -3.24. The van der Waals surface area contributed by atoms with E-state index in [0.717, 1.165) is 34.1 Å². The Morgan fingerprint density at radius 3 is 2.37 bits per heavy atom. The first-order chi connectivity index (χ1) is 16.9. The van der Waals surface area contributed by atoms with Gasteiger partial charge in [0.05, 0.1) is 0 Å². The SMILES string of the molecule is CC.Cc1ccc(OC(=O)N2CCc3c([nH]c4ccc(Cl)cc34)C2c2ccc(C(C)C)cc2)cc1. The number of hydrogen-bond acceptors (Lipinski definition) is 2. The molecule has 5 heteroatoms. The van der Waals surface area contributed by atoms with Crippen molar-refractivity contribution in [2.75, 3.05) is 6.54 Å². The van der Waals surface area contributed by atoms with E-state index in [4.69, 9.17) is 16.3 Å². The molecule has 3 aromatic carbocycles. The molecule has 0 saturated carbocycles. The summed E-state index contributed by atoms with van der Waals surface area (Å²) >= 11 is 6.30. The number of rotatable bonds is 3. The van der Waals surface area contributed by atoms with Gasteiger partial charge in [0.15, 0.2) is 0 Å². The van der Waals surface area contributed by atoms with E-state index in [9.17, 15) is 4.79 Å². The third kappa shape index (κ3) is 5.08. The van der Waals surface area contributed by atoms with Crippen molar-refractivity contribution in [3.63, 3.8) is 0 Å². The highest BCUT2D eigenvalue weighted by Crippen LogP contribution is 2.39. The predicted octanol–water partition coefficient (Wildman–Crippen LogP) is 8.43. The molecule has 0 saturated heterocycles. The molecule has 0 bridgehead atoms. The summed E-state index contributed by atoms with van der Waals surface area (Å²) in [4.78, 5) is 18.8. The van der Waals surface area contributed by atoms with Crippen LogP contribution in [0.1, 0.15) is 67.6 Å². The number of aromatic nitrogens is 1. The summed E-state index contributed by atoms with van der Waals surface area (Å²) in [5, 5.41) is 1.83. The summed E-state index contributed by atoms with van der Waals surface area (Å²) in [5.41, 5.74) is 6.71. The minimum Gasteiger partial charge on any atom is -0.410 e. The van der Waals surface area contributed by atoms with E-state index in [1.54, 1.807) is 0 Å². The largest absolute Gasteiger partial charge is 0.416 e. The van der Waals surface area contributed by atoms with Gasteiger partial charge in [-0.3, -0.25) is 4.90 Å². The average Bonchev–Trinajstić information content (AvgIpc) is 3.24. The molecule has 1 aromatic heterocycles. The lowest BCUT2D eigenvalue weighted by Crippen LogP contribution is -2.42. The van der Waals surface area contributed by atoms with Gasteiger partial charge in [-0.2, -0.15) is 0 Å². The fraction of sp³-hybridized carbons (Fsp3) is 0.300. The van der Waals surface area contributed by atoms with Crippen molar-refractivity contribution in [1.82, 2.24) is 9.88 Å². The number of fused-ring (bicyclic) bond motifs is 3. The lowest BCUT2D eigenvalue weighted by atomic mass is 9.91. The van der Waals surface area contributed by atoms with Crippen LogP contribution < -0.4 is 4.74 Å². The first kappa shape index (κ1) is 24.9. The second kappa shape index (κ2) is 10.6. The monoisotopic (exact) mass is 488 g/mol. The van der Waals surface area contributed by atoms with Crippen molar-refractivity contribution < 1.29 is 9.53 Å². The summed E-state index contributed by atoms with van der Waals surface area (Å²) in [6.45, 7) is 10.9. The Kier molecular flexibility index (Phi) is 7.51. The van der Waals surface area contributed by atoms with Crippen LogP contribution in [0.4, 0.5) is 4.79 Å². The quantitative estimate of drug-likeness (QED) is 0.314. The van der Waals surface area contributed by atoms with Crippen molar-refractivity contribution in [1.29, 1.82) is 0 Å². The summed E-state index contributed by atoms with van der Waals surface area (Å²) < 4.78 is 5.78. The maximum absolute atomic E-state index is 13.4. The molecular weight excluding hydrogens is 456 g/mol. The number of hydrogen-bond donors (Lipinski definition) is 1. The lowest BCUT2D eigenvalue weighted by molar-refractivity contribution is 0.135. The number of ether oxygens (including phenoxy) is 1. The Morgan fingerprint density at radius 1 is 1.03 bits per heavy atom. The number of carbonyl (C=O) groups excluding carboxylic acids is 1. The van der Waals surface area contributed by atoms with Crippen LogP contribution in [-0.4, -0.2) is 22.5 Å². The topological polar surface area (TPSA) is 45.3 Å². The molecule has 1 N–H and O–H groups in total. The van der Waals surface area contributed by atoms with Gasteiger partial charge in [0, 0.05) is 28.2 Å². The zero-order valence-corrected chi connectivity index (χ0v) is 21.8. The lowest BCUT2D eigenvalue weighted by Gasteiger charge is -2.35. The molecule has 1 aliphatic rings. The molecule has 1 amide bonds. The van der Waals surface area contributed by atoms with Gasteiger partial charge >= 0.3 is 6.09 Å². The number of carbonyl (C=O) groups is 1. The number of nitrogens with one attached hydrogen (secondary N) is 1. The van der Waals surface area contributed by atoms with Gasteiger partial charge in [0.1, 0.15) is 11.8 Å². The molecule has 35 heavy (non-hydrogen) atoms. The highest BCUT2D eigenvalue weighted by atomic mass is 35.5. The smallest absolute Gasteiger partial charge is 0.410 e. The minimum absolute atomic E-state index is 0.265. The van der Waals surface area contributed by atoms with E-state index < -0.39 is 0 Å². The molecule has 0 radical (unpaired) electrons. The molecule has 1 unspecified atom stereocenters. The number of amides is 1. The molecule has 0 spiro atoms. The van der Waals surface area contributed by atoms with Gasteiger partial charge < -0.3 is 9.72 Å². The van der Waals surface area contributed by atoms with Gasteiger partial charge in [-0.15, -0.1) is 0 Å². The first-order valence-corrected chi connectivity index (χ1v) is 12.7. The second-order valence-electron chi connectivity index (χ2n) is 9.06. The standard InChI is InChI=1S/C28H27ClN2O2.C2H6/c1-17(2)19-6-8-20(9-7-19)27-26-23(24-16-21(29)10-13-25(24)30-26)14-15-31(27)28(32)33-22-11-4-18(3)5-12-22;1-2/h4-13,16-17,27,30H,14-15H2,1-3H3;1-2H3. The van der Waals surface area contributed by atoms with Crippen LogP contribution in [0.2, 0.25) is 5.02 Å². The Morgan fingerprint density at radius 2 is 1.71 bits per heavy atom. The van der Waals surface area contributed by atoms with E-state index in [-0.39, 0.29) is 12.1 Å². The highest BCUT2D eigenvalue weighted by molar-refractivity contribution is 6.31. The van der Waals surface area contributed by atoms with Crippen molar-refractivity contribution in [2.45, 2.75) is 53.0 Å². The molecule has 2 heterocycles. The van der Waals surface area contributed by atoms with Gasteiger partial charge in [-0.1, -0.05) is 81.3 Å². The molecule has 1 atom stereocenters. The Balaban J connectivity index is 0.00000141.